The molecule has 0 aliphatic rings. The second-order valence-corrected chi connectivity index (χ2v) is 4.32. The quantitative estimate of drug-likeness (QED) is 0.659. The highest BCUT2D eigenvalue weighted by Gasteiger charge is 2.03. The highest BCUT2D eigenvalue weighted by Crippen LogP contribution is 2.21. The summed E-state index contributed by atoms with van der Waals surface area (Å²) in [6.07, 6.45) is 1.81. The van der Waals surface area contributed by atoms with Crippen molar-refractivity contribution < 1.29 is 0 Å². The molecule has 0 bridgehead atoms. The Bertz CT molecular complexity index is 550. The van der Waals surface area contributed by atoms with E-state index in [4.69, 9.17) is 5.26 Å². The summed E-state index contributed by atoms with van der Waals surface area (Å²) in [5, 5.41) is 18.9. The van der Waals surface area contributed by atoms with Crippen LogP contribution < -0.4 is 5.32 Å². The topological polar surface area (TPSA) is 61.6 Å². The van der Waals surface area contributed by atoms with E-state index in [0.717, 1.165) is 11.3 Å². The minimum atomic E-state index is 0.458. The minimum absolute atomic E-state index is 0.458. The number of anilines is 1. The van der Waals surface area contributed by atoms with Gasteiger partial charge in [-0.05, 0) is 23.6 Å². The van der Waals surface area contributed by atoms with Crippen LogP contribution in [0.5, 0.6) is 0 Å². The van der Waals surface area contributed by atoms with Gasteiger partial charge in [-0.3, -0.25) is 5.32 Å². The lowest BCUT2D eigenvalue weighted by atomic mass is 10.0. The number of rotatable bonds is 3. The fourth-order valence-electron chi connectivity index (χ4n) is 1.65. The van der Waals surface area contributed by atoms with Crippen LogP contribution in [-0.4, -0.2) is 10.2 Å². The van der Waals surface area contributed by atoms with Crippen molar-refractivity contribution in [1.29, 1.82) is 5.26 Å². The molecule has 1 aromatic heterocycles. The van der Waals surface area contributed by atoms with E-state index in [2.05, 4.69) is 41.5 Å². The molecule has 1 N–H and O–H groups in total. The van der Waals surface area contributed by atoms with Crippen molar-refractivity contribution in [1.82, 2.24) is 10.2 Å². The summed E-state index contributed by atoms with van der Waals surface area (Å²) in [4.78, 5) is 0. The summed E-state index contributed by atoms with van der Waals surface area (Å²) >= 11 is 0. The first-order valence-corrected chi connectivity index (χ1v) is 5.80. The van der Waals surface area contributed by atoms with Gasteiger partial charge in [0.15, 0.2) is 12.0 Å². The summed E-state index contributed by atoms with van der Waals surface area (Å²) in [6, 6.07) is 11.9. The Hall–Kier alpha value is -2.41. The van der Waals surface area contributed by atoms with E-state index < -0.39 is 0 Å². The monoisotopic (exact) mass is 238 g/mol. The van der Waals surface area contributed by atoms with Crippen molar-refractivity contribution in [3.8, 4) is 17.5 Å². The average molecular weight is 238 g/mol. The van der Waals surface area contributed by atoms with E-state index in [1.165, 1.54) is 5.56 Å². The van der Waals surface area contributed by atoms with Gasteiger partial charge in [-0.1, -0.05) is 38.1 Å². The van der Waals surface area contributed by atoms with Crippen LogP contribution in [0, 0.1) is 11.5 Å². The molecule has 2 aromatic rings. The Morgan fingerprint density at radius 2 is 1.78 bits per heavy atom. The third-order valence-electron chi connectivity index (χ3n) is 2.72. The summed E-state index contributed by atoms with van der Waals surface area (Å²) in [6.45, 7) is 4.33. The van der Waals surface area contributed by atoms with Crippen LogP contribution >= 0.6 is 0 Å². The van der Waals surface area contributed by atoms with Crippen molar-refractivity contribution in [3.63, 3.8) is 0 Å². The molecule has 4 nitrogen and oxygen atoms in total. The van der Waals surface area contributed by atoms with Gasteiger partial charge in [0.25, 0.3) is 0 Å². The van der Waals surface area contributed by atoms with Gasteiger partial charge >= 0.3 is 0 Å². The van der Waals surface area contributed by atoms with E-state index in [0.29, 0.717) is 11.7 Å². The van der Waals surface area contributed by atoms with Gasteiger partial charge < -0.3 is 0 Å². The second-order valence-electron chi connectivity index (χ2n) is 4.32. The summed E-state index contributed by atoms with van der Waals surface area (Å²) in [5.74, 6) is 0.979. The molecule has 90 valence electrons. The first-order valence-electron chi connectivity index (χ1n) is 5.80. The molecule has 2 rings (SSSR count). The number of hydrogen-bond acceptors (Lipinski definition) is 4. The minimum Gasteiger partial charge on any atom is -0.275 e. The van der Waals surface area contributed by atoms with Crippen LogP contribution in [0.15, 0.2) is 36.4 Å². The lowest BCUT2D eigenvalue weighted by Crippen LogP contribution is -1.95. The Labute approximate surface area is 106 Å². The SMILES string of the molecule is CC(C)c1ccc(-c2ccc(NC#N)nn2)cc1. The van der Waals surface area contributed by atoms with Crippen molar-refractivity contribution in [2.45, 2.75) is 19.8 Å². The smallest absolute Gasteiger partial charge is 0.182 e. The summed E-state index contributed by atoms with van der Waals surface area (Å²) in [5.41, 5.74) is 3.12. The molecular weight excluding hydrogens is 224 g/mol. The third-order valence-corrected chi connectivity index (χ3v) is 2.72. The first kappa shape index (κ1) is 12.1. The molecule has 0 aliphatic carbocycles. The van der Waals surface area contributed by atoms with E-state index in [9.17, 15) is 0 Å². The van der Waals surface area contributed by atoms with Crippen molar-refractivity contribution in [3.05, 3.63) is 42.0 Å². The standard InChI is InChI=1S/C14H14N4/c1-10(2)11-3-5-12(6-4-11)13-7-8-14(16-9-15)18-17-13/h3-8,10H,1-2H3,(H,16,18). The Balaban J connectivity index is 2.23. The maximum atomic E-state index is 8.46. The van der Waals surface area contributed by atoms with Gasteiger partial charge in [-0.15, -0.1) is 10.2 Å². The van der Waals surface area contributed by atoms with Gasteiger partial charge in [0, 0.05) is 5.56 Å². The molecular formula is C14H14N4. The molecule has 18 heavy (non-hydrogen) atoms. The van der Waals surface area contributed by atoms with E-state index in [-0.39, 0.29) is 0 Å². The maximum absolute atomic E-state index is 8.46. The maximum Gasteiger partial charge on any atom is 0.182 e. The lowest BCUT2D eigenvalue weighted by Gasteiger charge is -2.06. The first-order chi connectivity index (χ1) is 8.70. The third kappa shape index (κ3) is 2.64. The van der Waals surface area contributed by atoms with Crippen LogP contribution in [0.2, 0.25) is 0 Å². The van der Waals surface area contributed by atoms with E-state index in [1.807, 2.05) is 24.4 Å². The van der Waals surface area contributed by atoms with Gasteiger partial charge in [-0.2, -0.15) is 5.26 Å². The molecule has 0 saturated carbocycles. The Morgan fingerprint density at radius 1 is 1.06 bits per heavy atom. The van der Waals surface area contributed by atoms with Crippen LogP contribution in [0.25, 0.3) is 11.3 Å². The number of nitriles is 1. The van der Waals surface area contributed by atoms with Crippen LogP contribution in [0.3, 0.4) is 0 Å². The molecule has 0 saturated heterocycles. The molecule has 1 heterocycles. The van der Waals surface area contributed by atoms with Crippen molar-refractivity contribution in [2.24, 2.45) is 0 Å². The fraction of sp³-hybridized carbons (Fsp3) is 0.214. The van der Waals surface area contributed by atoms with Gasteiger partial charge in [0.05, 0.1) is 5.69 Å². The van der Waals surface area contributed by atoms with Gasteiger partial charge in [0.1, 0.15) is 0 Å². The Kier molecular flexibility index (Phi) is 3.54. The van der Waals surface area contributed by atoms with E-state index >= 15 is 0 Å². The van der Waals surface area contributed by atoms with E-state index in [1.54, 1.807) is 6.07 Å². The normalized spacial score (nSPS) is 10.1. The van der Waals surface area contributed by atoms with Crippen molar-refractivity contribution in [2.75, 3.05) is 5.32 Å². The molecule has 0 spiro atoms. The van der Waals surface area contributed by atoms with Crippen LogP contribution in [0.4, 0.5) is 5.82 Å². The summed E-state index contributed by atoms with van der Waals surface area (Å²) < 4.78 is 0. The van der Waals surface area contributed by atoms with Gasteiger partial charge in [-0.25, -0.2) is 0 Å². The largest absolute Gasteiger partial charge is 0.275 e. The average Bonchev–Trinajstić information content (AvgIpc) is 2.40. The number of benzene rings is 1. The Morgan fingerprint density at radius 3 is 2.28 bits per heavy atom. The second kappa shape index (κ2) is 5.28. The zero-order valence-corrected chi connectivity index (χ0v) is 10.4. The molecule has 1 aromatic carbocycles. The number of nitrogens with one attached hydrogen (secondary N) is 1. The van der Waals surface area contributed by atoms with Crippen LogP contribution in [-0.2, 0) is 0 Å². The fourth-order valence-corrected chi connectivity index (χ4v) is 1.65. The molecule has 0 unspecified atom stereocenters. The van der Waals surface area contributed by atoms with Gasteiger partial charge in [0.2, 0.25) is 0 Å². The molecule has 0 fully saturated rings. The number of aromatic nitrogens is 2. The molecule has 0 amide bonds. The molecule has 0 atom stereocenters. The number of hydrogen-bond donors (Lipinski definition) is 1. The molecule has 0 aliphatic heterocycles. The lowest BCUT2D eigenvalue weighted by molar-refractivity contribution is 0.867. The zero-order valence-electron chi connectivity index (χ0n) is 10.4. The zero-order chi connectivity index (χ0) is 13.0. The predicted molar refractivity (Wildman–Crippen MR) is 70.8 cm³/mol. The van der Waals surface area contributed by atoms with Crippen molar-refractivity contribution >= 4 is 5.82 Å². The number of nitrogens with zero attached hydrogens (tertiary/aromatic N) is 3. The summed E-state index contributed by atoms with van der Waals surface area (Å²) in [7, 11) is 0. The highest BCUT2D eigenvalue weighted by atomic mass is 15.2. The molecule has 0 radical (unpaired) electrons. The van der Waals surface area contributed by atoms with Crippen LogP contribution in [0.1, 0.15) is 25.3 Å². The highest BCUT2D eigenvalue weighted by molar-refractivity contribution is 5.60. The molecule has 4 heteroatoms. The predicted octanol–water partition coefficient (Wildman–Crippen LogP) is 3.16.